The van der Waals surface area contributed by atoms with Crippen LogP contribution in [0.15, 0.2) is 17.8 Å². The molecule has 2 rings (SSSR count). The molecule has 0 spiro atoms. The van der Waals surface area contributed by atoms with Crippen molar-refractivity contribution in [3.63, 3.8) is 0 Å². The molecule has 92 valence electrons. The van der Waals surface area contributed by atoms with Gasteiger partial charge in [0.15, 0.2) is 0 Å². The summed E-state index contributed by atoms with van der Waals surface area (Å²) in [6.45, 7) is 5.12. The summed E-state index contributed by atoms with van der Waals surface area (Å²) in [7, 11) is 0. The van der Waals surface area contributed by atoms with Gasteiger partial charge in [-0.3, -0.25) is 0 Å². The van der Waals surface area contributed by atoms with Gasteiger partial charge < -0.3 is 11.1 Å². The Morgan fingerprint density at radius 3 is 3.00 bits per heavy atom. The fourth-order valence-corrected chi connectivity index (χ4v) is 2.64. The molecule has 0 aliphatic carbocycles. The van der Waals surface area contributed by atoms with E-state index < -0.39 is 0 Å². The zero-order valence-electron chi connectivity index (χ0n) is 10.2. The van der Waals surface area contributed by atoms with Crippen molar-refractivity contribution in [1.82, 2.24) is 9.97 Å². The van der Waals surface area contributed by atoms with Crippen molar-refractivity contribution in [2.75, 3.05) is 11.9 Å². The maximum atomic E-state index is 6.04. The molecule has 0 saturated carbocycles. The first-order valence-electron chi connectivity index (χ1n) is 5.84. The molecule has 0 fully saturated rings. The summed E-state index contributed by atoms with van der Waals surface area (Å²) >= 11 is 1.65. The third-order valence-corrected chi connectivity index (χ3v) is 3.46. The molecule has 0 amide bonds. The Balaban J connectivity index is 2.01. The molecule has 0 bridgehead atoms. The Labute approximate surface area is 105 Å². The minimum Gasteiger partial charge on any atom is -0.367 e. The number of rotatable bonds is 5. The largest absolute Gasteiger partial charge is 0.367 e. The van der Waals surface area contributed by atoms with Gasteiger partial charge in [0.25, 0.3) is 0 Å². The van der Waals surface area contributed by atoms with E-state index in [-0.39, 0.29) is 6.04 Å². The lowest BCUT2D eigenvalue weighted by atomic mass is 10.0. The molecule has 17 heavy (non-hydrogen) atoms. The van der Waals surface area contributed by atoms with Crippen molar-refractivity contribution in [1.29, 1.82) is 0 Å². The highest BCUT2D eigenvalue weighted by molar-refractivity contribution is 7.17. The summed E-state index contributed by atoms with van der Waals surface area (Å²) in [6.07, 6.45) is 2.61. The van der Waals surface area contributed by atoms with Gasteiger partial charge in [-0.2, -0.15) is 0 Å². The van der Waals surface area contributed by atoms with Crippen molar-refractivity contribution < 1.29 is 0 Å². The average molecular weight is 250 g/mol. The van der Waals surface area contributed by atoms with E-state index in [2.05, 4.69) is 29.1 Å². The van der Waals surface area contributed by atoms with E-state index in [9.17, 15) is 0 Å². The summed E-state index contributed by atoms with van der Waals surface area (Å²) in [4.78, 5) is 8.47. The Bertz CT molecular complexity index is 480. The molecule has 0 radical (unpaired) electrons. The molecule has 0 aliphatic rings. The second-order valence-electron chi connectivity index (χ2n) is 4.63. The van der Waals surface area contributed by atoms with Crippen molar-refractivity contribution in [2.24, 2.45) is 11.7 Å². The number of nitrogens with two attached hydrogens (primary N) is 1. The van der Waals surface area contributed by atoms with Crippen LogP contribution in [0.4, 0.5) is 5.82 Å². The van der Waals surface area contributed by atoms with Gasteiger partial charge in [0, 0.05) is 12.6 Å². The van der Waals surface area contributed by atoms with Crippen LogP contribution in [0.2, 0.25) is 0 Å². The van der Waals surface area contributed by atoms with Gasteiger partial charge in [0.1, 0.15) is 12.1 Å². The summed E-state index contributed by atoms with van der Waals surface area (Å²) in [6, 6.07) is 2.17. The molecule has 1 atom stereocenters. The van der Waals surface area contributed by atoms with Gasteiger partial charge in [-0.05, 0) is 23.8 Å². The molecule has 2 aromatic rings. The monoisotopic (exact) mass is 250 g/mol. The minimum absolute atomic E-state index is 0.167. The molecular formula is C12H18N4S. The number of anilines is 1. The second kappa shape index (κ2) is 5.42. The van der Waals surface area contributed by atoms with Gasteiger partial charge in [0.2, 0.25) is 0 Å². The summed E-state index contributed by atoms with van der Waals surface area (Å²) in [5.74, 6) is 1.52. The van der Waals surface area contributed by atoms with Crippen LogP contribution >= 0.6 is 11.3 Å². The van der Waals surface area contributed by atoms with Crippen LogP contribution < -0.4 is 11.1 Å². The molecule has 4 nitrogen and oxygen atoms in total. The summed E-state index contributed by atoms with van der Waals surface area (Å²) < 4.78 is 1.10. The van der Waals surface area contributed by atoms with E-state index in [1.165, 1.54) is 0 Å². The second-order valence-corrected chi connectivity index (χ2v) is 5.54. The first-order valence-corrected chi connectivity index (χ1v) is 6.72. The highest BCUT2D eigenvalue weighted by Crippen LogP contribution is 2.24. The van der Waals surface area contributed by atoms with Crippen molar-refractivity contribution >= 4 is 27.4 Å². The number of nitrogens with one attached hydrogen (secondary N) is 1. The fourth-order valence-electron chi connectivity index (χ4n) is 1.83. The predicted molar refractivity (Wildman–Crippen MR) is 73.3 cm³/mol. The smallest absolute Gasteiger partial charge is 0.147 e. The van der Waals surface area contributed by atoms with Gasteiger partial charge >= 0.3 is 0 Å². The molecule has 2 aromatic heterocycles. The molecule has 0 saturated heterocycles. The van der Waals surface area contributed by atoms with Crippen LogP contribution in [-0.2, 0) is 0 Å². The Morgan fingerprint density at radius 2 is 2.24 bits per heavy atom. The zero-order valence-corrected chi connectivity index (χ0v) is 11.0. The van der Waals surface area contributed by atoms with Gasteiger partial charge in [-0.15, -0.1) is 11.3 Å². The fraction of sp³-hybridized carbons (Fsp3) is 0.500. The normalized spacial score (nSPS) is 13.2. The van der Waals surface area contributed by atoms with E-state index in [4.69, 9.17) is 5.73 Å². The first-order chi connectivity index (χ1) is 8.16. The van der Waals surface area contributed by atoms with E-state index in [1.807, 2.05) is 11.4 Å². The SMILES string of the molecule is CC(C)CC(N)CNc1ncnc2ccsc12. The van der Waals surface area contributed by atoms with Crippen molar-refractivity contribution in [3.8, 4) is 0 Å². The lowest BCUT2D eigenvalue weighted by Gasteiger charge is -2.15. The van der Waals surface area contributed by atoms with E-state index >= 15 is 0 Å². The van der Waals surface area contributed by atoms with Crippen LogP contribution in [0.25, 0.3) is 10.2 Å². The predicted octanol–water partition coefficient (Wildman–Crippen LogP) is 2.48. The van der Waals surface area contributed by atoms with Crippen LogP contribution in [0.5, 0.6) is 0 Å². The molecular weight excluding hydrogens is 232 g/mol. The minimum atomic E-state index is 0.167. The van der Waals surface area contributed by atoms with Gasteiger partial charge in [-0.1, -0.05) is 13.8 Å². The standard InChI is InChI=1S/C12H18N4S/c1-8(2)5-9(13)6-14-12-11-10(3-4-17-11)15-7-16-12/h3-4,7-9H,5-6,13H2,1-2H3,(H,14,15,16). The molecule has 2 heterocycles. The maximum absolute atomic E-state index is 6.04. The molecule has 3 N–H and O–H groups in total. The lowest BCUT2D eigenvalue weighted by molar-refractivity contribution is 0.508. The average Bonchev–Trinajstić information content (AvgIpc) is 2.73. The van der Waals surface area contributed by atoms with Crippen LogP contribution in [-0.4, -0.2) is 22.6 Å². The zero-order chi connectivity index (χ0) is 12.3. The highest BCUT2D eigenvalue weighted by Gasteiger charge is 2.08. The van der Waals surface area contributed by atoms with Crippen LogP contribution in [0.3, 0.4) is 0 Å². The number of thiophene rings is 1. The van der Waals surface area contributed by atoms with Crippen molar-refractivity contribution in [3.05, 3.63) is 17.8 Å². The molecule has 1 unspecified atom stereocenters. The Hall–Kier alpha value is -1.20. The molecule has 5 heteroatoms. The topological polar surface area (TPSA) is 63.8 Å². The van der Waals surface area contributed by atoms with E-state index in [0.717, 1.165) is 29.0 Å². The number of nitrogens with zero attached hydrogens (tertiary/aromatic N) is 2. The Morgan fingerprint density at radius 1 is 1.41 bits per heavy atom. The number of aromatic nitrogens is 2. The number of hydrogen-bond acceptors (Lipinski definition) is 5. The highest BCUT2D eigenvalue weighted by atomic mass is 32.1. The quantitative estimate of drug-likeness (QED) is 0.855. The van der Waals surface area contributed by atoms with Crippen LogP contribution in [0, 0.1) is 5.92 Å². The number of fused-ring (bicyclic) bond motifs is 1. The van der Waals surface area contributed by atoms with Crippen molar-refractivity contribution in [2.45, 2.75) is 26.3 Å². The van der Waals surface area contributed by atoms with Crippen LogP contribution in [0.1, 0.15) is 20.3 Å². The summed E-state index contributed by atoms with van der Waals surface area (Å²) in [5, 5.41) is 5.34. The Kier molecular flexibility index (Phi) is 3.91. The van der Waals surface area contributed by atoms with Gasteiger partial charge in [-0.25, -0.2) is 9.97 Å². The lowest BCUT2D eigenvalue weighted by Crippen LogP contribution is -2.30. The molecule has 0 aromatic carbocycles. The third-order valence-electron chi connectivity index (χ3n) is 2.55. The maximum Gasteiger partial charge on any atom is 0.147 e. The molecule has 0 aliphatic heterocycles. The van der Waals surface area contributed by atoms with E-state index in [1.54, 1.807) is 17.7 Å². The van der Waals surface area contributed by atoms with Gasteiger partial charge in [0.05, 0.1) is 10.2 Å². The van der Waals surface area contributed by atoms with E-state index in [0.29, 0.717) is 5.92 Å². The number of hydrogen-bond donors (Lipinski definition) is 2. The third kappa shape index (κ3) is 3.14. The first kappa shape index (κ1) is 12.3. The summed E-state index contributed by atoms with van der Waals surface area (Å²) in [5.41, 5.74) is 7.03.